The van der Waals surface area contributed by atoms with Crippen molar-refractivity contribution in [3.63, 3.8) is 0 Å². The first-order chi connectivity index (χ1) is 8.89. The van der Waals surface area contributed by atoms with Crippen LogP contribution in [0.5, 0.6) is 0 Å². The maximum absolute atomic E-state index is 12.7. The first kappa shape index (κ1) is 12.9. The summed E-state index contributed by atoms with van der Waals surface area (Å²) in [5, 5.41) is 8.68. The number of hydrogen-bond donors (Lipinski definition) is 1. The SMILES string of the molecule is O=C(O)c1cnc(-c2cnccn2)nc1C(F)(F)F. The molecule has 0 unspecified atom stereocenters. The second-order valence-electron chi connectivity index (χ2n) is 3.35. The van der Waals surface area contributed by atoms with Gasteiger partial charge in [-0.2, -0.15) is 13.2 Å². The molecule has 2 aromatic heterocycles. The van der Waals surface area contributed by atoms with Gasteiger partial charge in [-0.1, -0.05) is 0 Å². The van der Waals surface area contributed by atoms with Crippen LogP contribution in [0.1, 0.15) is 16.1 Å². The minimum atomic E-state index is -4.90. The Morgan fingerprint density at radius 2 is 1.89 bits per heavy atom. The van der Waals surface area contributed by atoms with Crippen LogP contribution in [-0.2, 0) is 6.18 Å². The Morgan fingerprint density at radius 1 is 1.16 bits per heavy atom. The smallest absolute Gasteiger partial charge is 0.434 e. The van der Waals surface area contributed by atoms with Crippen LogP contribution in [0.25, 0.3) is 11.5 Å². The molecule has 0 amide bonds. The summed E-state index contributed by atoms with van der Waals surface area (Å²) in [4.78, 5) is 24.9. The average molecular weight is 270 g/mol. The molecule has 98 valence electrons. The molecule has 2 heterocycles. The number of carboxylic acids is 1. The average Bonchev–Trinajstić information content (AvgIpc) is 2.38. The summed E-state index contributed by atoms with van der Waals surface area (Å²) >= 11 is 0. The Kier molecular flexibility index (Phi) is 3.11. The fourth-order valence-electron chi connectivity index (χ4n) is 1.29. The van der Waals surface area contributed by atoms with Crippen LogP contribution < -0.4 is 0 Å². The molecule has 0 saturated heterocycles. The number of hydrogen-bond acceptors (Lipinski definition) is 5. The normalized spacial score (nSPS) is 11.3. The van der Waals surface area contributed by atoms with Crippen molar-refractivity contribution in [2.45, 2.75) is 6.18 Å². The van der Waals surface area contributed by atoms with Crippen LogP contribution in [0.15, 0.2) is 24.8 Å². The Morgan fingerprint density at radius 3 is 2.42 bits per heavy atom. The molecule has 0 radical (unpaired) electrons. The summed E-state index contributed by atoms with van der Waals surface area (Å²) in [6, 6.07) is 0. The van der Waals surface area contributed by atoms with Gasteiger partial charge in [-0.3, -0.25) is 4.98 Å². The molecule has 0 saturated carbocycles. The largest absolute Gasteiger partial charge is 0.478 e. The van der Waals surface area contributed by atoms with Crippen LogP contribution in [0.2, 0.25) is 0 Å². The van der Waals surface area contributed by atoms with Gasteiger partial charge in [-0.25, -0.2) is 19.7 Å². The molecule has 2 rings (SSSR count). The van der Waals surface area contributed by atoms with E-state index in [9.17, 15) is 18.0 Å². The Bertz CT molecular complexity index is 616. The first-order valence-electron chi connectivity index (χ1n) is 4.83. The predicted molar refractivity (Wildman–Crippen MR) is 55.0 cm³/mol. The van der Waals surface area contributed by atoms with E-state index in [4.69, 9.17) is 5.11 Å². The monoisotopic (exact) mass is 270 g/mol. The van der Waals surface area contributed by atoms with Crippen molar-refractivity contribution in [2.24, 2.45) is 0 Å². The Hall–Kier alpha value is -2.58. The lowest BCUT2D eigenvalue weighted by atomic mass is 10.2. The lowest BCUT2D eigenvalue weighted by molar-refractivity contribution is -0.141. The highest BCUT2D eigenvalue weighted by Crippen LogP contribution is 2.31. The number of rotatable bonds is 2. The molecule has 6 nitrogen and oxygen atoms in total. The molecule has 1 N–H and O–H groups in total. The van der Waals surface area contributed by atoms with E-state index in [1.807, 2.05) is 0 Å². The molecular weight excluding hydrogens is 265 g/mol. The van der Waals surface area contributed by atoms with E-state index in [2.05, 4.69) is 19.9 Å². The van der Waals surface area contributed by atoms with Crippen molar-refractivity contribution >= 4 is 5.97 Å². The number of aromatic nitrogens is 4. The second kappa shape index (κ2) is 4.59. The number of carboxylic acid groups (broad SMARTS) is 1. The van der Waals surface area contributed by atoms with Crippen molar-refractivity contribution in [1.29, 1.82) is 0 Å². The van der Waals surface area contributed by atoms with Gasteiger partial charge in [0.2, 0.25) is 0 Å². The predicted octanol–water partition coefficient (Wildman–Crippen LogP) is 1.65. The van der Waals surface area contributed by atoms with Crippen molar-refractivity contribution in [3.05, 3.63) is 36.0 Å². The molecule has 0 fully saturated rings. The van der Waals surface area contributed by atoms with Crippen LogP contribution in [0, 0.1) is 0 Å². The van der Waals surface area contributed by atoms with E-state index < -0.39 is 23.4 Å². The van der Waals surface area contributed by atoms with Gasteiger partial charge < -0.3 is 5.11 Å². The molecule has 0 aromatic carbocycles. The highest BCUT2D eigenvalue weighted by molar-refractivity contribution is 5.88. The van der Waals surface area contributed by atoms with Crippen molar-refractivity contribution < 1.29 is 23.1 Å². The van der Waals surface area contributed by atoms with E-state index in [0.717, 1.165) is 0 Å². The van der Waals surface area contributed by atoms with Gasteiger partial charge in [-0.15, -0.1) is 0 Å². The van der Waals surface area contributed by atoms with Gasteiger partial charge in [0.05, 0.1) is 6.20 Å². The van der Waals surface area contributed by atoms with Crippen molar-refractivity contribution in [1.82, 2.24) is 19.9 Å². The summed E-state index contributed by atoms with van der Waals surface area (Å²) in [5.41, 5.74) is -2.51. The lowest BCUT2D eigenvalue weighted by Crippen LogP contribution is -2.16. The molecule has 19 heavy (non-hydrogen) atoms. The Balaban J connectivity index is 2.60. The minimum absolute atomic E-state index is 0.0185. The fraction of sp³-hybridized carbons (Fsp3) is 0.100. The number of halogens is 3. The summed E-state index contributed by atoms with van der Waals surface area (Å²) in [6.45, 7) is 0. The van der Waals surface area contributed by atoms with E-state index in [-0.39, 0.29) is 11.5 Å². The standard InChI is InChI=1S/C10H5F3N4O2/c11-10(12,13)7-5(9(18)19)3-16-8(17-7)6-4-14-1-2-15-6/h1-4H,(H,18,19). The van der Waals surface area contributed by atoms with E-state index in [0.29, 0.717) is 6.20 Å². The molecule has 0 aliphatic carbocycles. The van der Waals surface area contributed by atoms with Gasteiger partial charge in [0, 0.05) is 18.6 Å². The molecule has 9 heteroatoms. The van der Waals surface area contributed by atoms with Gasteiger partial charge in [0.15, 0.2) is 11.5 Å². The minimum Gasteiger partial charge on any atom is -0.478 e. The molecule has 0 aliphatic heterocycles. The molecule has 0 bridgehead atoms. The van der Waals surface area contributed by atoms with Gasteiger partial charge in [0.25, 0.3) is 0 Å². The molecule has 2 aromatic rings. The zero-order valence-electron chi connectivity index (χ0n) is 9.09. The van der Waals surface area contributed by atoms with Gasteiger partial charge in [0.1, 0.15) is 11.3 Å². The summed E-state index contributed by atoms with van der Waals surface area (Å²) < 4.78 is 38.1. The van der Waals surface area contributed by atoms with E-state index in [1.165, 1.54) is 18.6 Å². The van der Waals surface area contributed by atoms with Gasteiger partial charge >= 0.3 is 12.1 Å². The van der Waals surface area contributed by atoms with E-state index >= 15 is 0 Å². The number of carbonyl (C=O) groups is 1. The Labute approximate surface area is 104 Å². The van der Waals surface area contributed by atoms with Gasteiger partial charge in [-0.05, 0) is 0 Å². The van der Waals surface area contributed by atoms with Crippen molar-refractivity contribution in [3.8, 4) is 11.5 Å². The zero-order valence-corrected chi connectivity index (χ0v) is 9.09. The third kappa shape index (κ3) is 2.64. The van der Waals surface area contributed by atoms with Crippen LogP contribution in [0.3, 0.4) is 0 Å². The topological polar surface area (TPSA) is 88.9 Å². The quantitative estimate of drug-likeness (QED) is 0.892. The summed E-state index contributed by atoms with van der Waals surface area (Å²) in [7, 11) is 0. The third-order valence-electron chi connectivity index (χ3n) is 2.08. The lowest BCUT2D eigenvalue weighted by Gasteiger charge is -2.09. The third-order valence-corrected chi connectivity index (χ3v) is 2.08. The molecular formula is C10H5F3N4O2. The first-order valence-corrected chi connectivity index (χ1v) is 4.83. The number of aromatic carboxylic acids is 1. The highest BCUT2D eigenvalue weighted by Gasteiger charge is 2.38. The number of alkyl halides is 3. The maximum atomic E-state index is 12.7. The zero-order chi connectivity index (χ0) is 14.0. The van der Waals surface area contributed by atoms with Crippen LogP contribution in [-0.4, -0.2) is 31.0 Å². The fourth-order valence-corrected chi connectivity index (χ4v) is 1.29. The maximum Gasteiger partial charge on any atom is 0.434 e. The van der Waals surface area contributed by atoms with Crippen LogP contribution in [0.4, 0.5) is 13.2 Å². The summed E-state index contributed by atoms with van der Waals surface area (Å²) in [6.07, 6.45) is -0.525. The highest BCUT2D eigenvalue weighted by atomic mass is 19.4. The molecule has 0 atom stereocenters. The second-order valence-corrected chi connectivity index (χ2v) is 3.35. The van der Waals surface area contributed by atoms with Crippen LogP contribution >= 0.6 is 0 Å². The van der Waals surface area contributed by atoms with Crippen molar-refractivity contribution in [2.75, 3.05) is 0 Å². The molecule has 0 spiro atoms. The molecule has 0 aliphatic rings. The van der Waals surface area contributed by atoms with E-state index in [1.54, 1.807) is 0 Å². The summed E-state index contributed by atoms with van der Waals surface area (Å²) in [5.74, 6) is -2.09. The number of nitrogens with zero attached hydrogens (tertiary/aromatic N) is 4.